The van der Waals surface area contributed by atoms with Crippen LogP contribution in [-0.2, 0) is 9.59 Å². The zero-order chi connectivity index (χ0) is 12.6. The minimum absolute atomic E-state index is 0.00935. The first kappa shape index (κ1) is 11.4. The number of rotatable bonds is 0. The second-order valence-electron chi connectivity index (χ2n) is 7.31. The first-order valence-corrected chi connectivity index (χ1v) is 6.83. The lowest BCUT2D eigenvalue weighted by atomic mass is 9.38. The monoisotopic (exact) mass is 234 g/mol. The molecule has 0 aromatic heterocycles. The Morgan fingerprint density at radius 2 is 1.53 bits per heavy atom. The Bertz CT molecular complexity index is 401. The van der Waals surface area contributed by atoms with Crippen LogP contribution in [0.4, 0.5) is 0 Å². The maximum Gasteiger partial charge on any atom is 0.147 e. The fourth-order valence-electron chi connectivity index (χ4n) is 5.25. The zero-order valence-corrected chi connectivity index (χ0v) is 11.3. The molecule has 2 heteroatoms. The van der Waals surface area contributed by atoms with E-state index in [-0.39, 0.29) is 22.4 Å². The second-order valence-corrected chi connectivity index (χ2v) is 7.31. The Kier molecular flexibility index (Phi) is 1.91. The van der Waals surface area contributed by atoms with Crippen molar-refractivity contribution >= 4 is 11.6 Å². The predicted octanol–water partition coefficient (Wildman–Crippen LogP) is 3.00. The third-order valence-electron chi connectivity index (χ3n) is 6.82. The molecule has 0 heterocycles. The number of hydrogen-bond acceptors (Lipinski definition) is 2. The fraction of sp³-hybridized carbons (Fsp3) is 0.867. The van der Waals surface area contributed by atoms with E-state index in [4.69, 9.17) is 0 Å². The molecule has 4 rings (SSSR count). The maximum atomic E-state index is 12.5. The molecule has 0 radical (unpaired) electrons. The Hall–Kier alpha value is -0.660. The Morgan fingerprint density at radius 1 is 1.00 bits per heavy atom. The van der Waals surface area contributed by atoms with Crippen LogP contribution in [0.25, 0.3) is 0 Å². The van der Waals surface area contributed by atoms with Crippen molar-refractivity contribution in [3.8, 4) is 0 Å². The molecule has 0 aromatic carbocycles. The third-order valence-corrected chi connectivity index (χ3v) is 6.82. The Balaban J connectivity index is 2.23. The Morgan fingerprint density at radius 3 is 2.06 bits per heavy atom. The molecule has 0 amide bonds. The largest absolute Gasteiger partial charge is 0.299 e. The summed E-state index contributed by atoms with van der Waals surface area (Å²) in [7, 11) is 0. The quantitative estimate of drug-likeness (QED) is 0.604. The van der Waals surface area contributed by atoms with Crippen molar-refractivity contribution in [1.82, 2.24) is 0 Å². The molecule has 17 heavy (non-hydrogen) atoms. The molecule has 0 saturated heterocycles. The average molecular weight is 234 g/mol. The lowest BCUT2D eigenvalue weighted by molar-refractivity contribution is -0.185. The number of hydrogen-bond donors (Lipinski definition) is 0. The minimum atomic E-state index is -0.705. The molecule has 0 N–H and O–H groups in total. The van der Waals surface area contributed by atoms with Crippen molar-refractivity contribution < 1.29 is 9.59 Å². The normalized spacial score (nSPS) is 51.8. The number of Topliss-reactive ketones (excluding diaryl/α,β-unsaturated/α-hetero) is 2. The van der Waals surface area contributed by atoms with Gasteiger partial charge in [-0.25, -0.2) is 0 Å². The molecule has 4 fully saturated rings. The van der Waals surface area contributed by atoms with Gasteiger partial charge in [0, 0.05) is 12.8 Å². The highest BCUT2D eigenvalue weighted by Crippen LogP contribution is 2.71. The summed E-state index contributed by atoms with van der Waals surface area (Å²) in [6.07, 6.45) is 3.70. The van der Waals surface area contributed by atoms with Gasteiger partial charge in [-0.2, -0.15) is 0 Å². The summed E-state index contributed by atoms with van der Waals surface area (Å²) in [4.78, 5) is 24.9. The SMILES string of the molecule is C[C@@H]1CC[C@H]2C13CC(=O)C(C)(C(=O)C3)C2(C)C. The van der Waals surface area contributed by atoms with E-state index in [2.05, 4.69) is 20.8 Å². The number of carbonyl (C=O) groups excluding carboxylic acids is 2. The van der Waals surface area contributed by atoms with Crippen molar-refractivity contribution in [2.45, 2.75) is 53.4 Å². The lowest BCUT2D eigenvalue weighted by Gasteiger charge is -2.62. The molecule has 4 saturated carbocycles. The van der Waals surface area contributed by atoms with Gasteiger partial charge in [-0.15, -0.1) is 0 Å². The maximum absolute atomic E-state index is 12.5. The van der Waals surface area contributed by atoms with Crippen LogP contribution in [0.1, 0.15) is 53.4 Å². The van der Waals surface area contributed by atoms with E-state index < -0.39 is 5.41 Å². The summed E-state index contributed by atoms with van der Waals surface area (Å²) in [5.41, 5.74) is -0.846. The molecule has 94 valence electrons. The molecular formula is C15H22O2. The molecular weight excluding hydrogens is 212 g/mol. The van der Waals surface area contributed by atoms with Crippen LogP contribution in [0.3, 0.4) is 0 Å². The summed E-state index contributed by atoms with van der Waals surface area (Å²) < 4.78 is 0. The highest BCUT2D eigenvalue weighted by molar-refractivity contribution is 6.11. The number of fused-ring (bicyclic) bond motifs is 2. The second kappa shape index (κ2) is 2.84. The number of carbonyl (C=O) groups is 2. The molecule has 4 aliphatic carbocycles. The molecule has 2 atom stereocenters. The van der Waals surface area contributed by atoms with Gasteiger partial charge in [0.05, 0.1) is 5.41 Å². The molecule has 0 aromatic rings. The summed E-state index contributed by atoms with van der Waals surface area (Å²) >= 11 is 0. The van der Waals surface area contributed by atoms with Crippen molar-refractivity contribution in [3.63, 3.8) is 0 Å². The van der Waals surface area contributed by atoms with Crippen LogP contribution in [0.2, 0.25) is 0 Å². The number of ketones is 2. The van der Waals surface area contributed by atoms with E-state index in [9.17, 15) is 9.59 Å². The highest BCUT2D eigenvalue weighted by atomic mass is 16.2. The Labute approximate surface area is 103 Å². The van der Waals surface area contributed by atoms with Crippen molar-refractivity contribution in [2.24, 2.45) is 28.1 Å². The average Bonchev–Trinajstić information content (AvgIpc) is 2.52. The van der Waals surface area contributed by atoms with Gasteiger partial charge in [0.2, 0.25) is 0 Å². The van der Waals surface area contributed by atoms with Gasteiger partial charge in [0.15, 0.2) is 0 Å². The van der Waals surface area contributed by atoms with E-state index in [0.29, 0.717) is 24.7 Å². The third kappa shape index (κ3) is 0.959. The van der Waals surface area contributed by atoms with Crippen molar-refractivity contribution in [2.75, 3.05) is 0 Å². The van der Waals surface area contributed by atoms with Crippen molar-refractivity contribution in [3.05, 3.63) is 0 Å². The van der Waals surface area contributed by atoms with E-state index in [1.807, 2.05) is 6.92 Å². The summed E-state index contributed by atoms with van der Waals surface area (Å²) in [5.74, 6) is 1.52. The van der Waals surface area contributed by atoms with Gasteiger partial charge < -0.3 is 0 Å². The summed E-state index contributed by atoms with van der Waals surface area (Å²) in [5, 5.41) is 0. The van der Waals surface area contributed by atoms with Gasteiger partial charge in [-0.05, 0) is 42.4 Å². The molecule has 2 nitrogen and oxygen atoms in total. The van der Waals surface area contributed by atoms with Crippen LogP contribution >= 0.6 is 0 Å². The standard InChI is InChI=1S/C15H22O2/c1-9-5-6-10-13(2,3)14(4)11(16)7-15(9,10)8-12(14)17/h9-10H,5-8H2,1-4H3/t9-,10-,14?,15?/m1/s1. The predicted molar refractivity (Wildman–Crippen MR) is 65.5 cm³/mol. The molecule has 2 bridgehead atoms. The van der Waals surface area contributed by atoms with Gasteiger partial charge in [0.1, 0.15) is 11.6 Å². The van der Waals surface area contributed by atoms with E-state index >= 15 is 0 Å². The van der Waals surface area contributed by atoms with E-state index in [1.165, 1.54) is 12.8 Å². The summed E-state index contributed by atoms with van der Waals surface area (Å²) in [6.45, 7) is 8.45. The van der Waals surface area contributed by atoms with Gasteiger partial charge >= 0.3 is 0 Å². The fourth-order valence-corrected chi connectivity index (χ4v) is 5.25. The van der Waals surface area contributed by atoms with Crippen molar-refractivity contribution in [1.29, 1.82) is 0 Å². The van der Waals surface area contributed by atoms with Gasteiger partial charge in [-0.3, -0.25) is 9.59 Å². The van der Waals surface area contributed by atoms with Crippen LogP contribution in [-0.4, -0.2) is 11.6 Å². The van der Waals surface area contributed by atoms with Crippen LogP contribution in [0.5, 0.6) is 0 Å². The van der Waals surface area contributed by atoms with E-state index in [0.717, 1.165) is 0 Å². The molecule has 0 aliphatic heterocycles. The first-order chi connectivity index (χ1) is 7.77. The molecule has 4 aliphatic rings. The van der Waals surface area contributed by atoms with Crippen LogP contribution in [0, 0.1) is 28.1 Å². The van der Waals surface area contributed by atoms with Crippen LogP contribution < -0.4 is 0 Å². The topological polar surface area (TPSA) is 34.1 Å². The van der Waals surface area contributed by atoms with E-state index in [1.54, 1.807) is 0 Å². The lowest BCUT2D eigenvalue weighted by Crippen LogP contribution is -2.66. The summed E-state index contributed by atoms with van der Waals surface area (Å²) in [6, 6.07) is 0. The smallest absolute Gasteiger partial charge is 0.147 e. The molecule has 0 unspecified atom stereocenters. The molecule has 1 spiro atoms. The minimum Gasteiger partial charge on any atom is -0.299 e. The first-order valence-electron chi connectivity index (χ1n) is 6.83. The van der Waals surface area contributed by atoms with Gasteiger partial charge in [-0.1, -0.05) is 20.8 Å². The highest BCUT2D eigenvalue weighted by Gasteiger charge is 2.72. The van der Waals surface area contributed by atoms with Crippen LogP contribution in [0.15, 0.2) is 0 Å². The zero-order valence-electron chi connectivity index (χ0n) is 11.3. The van der Waals surface area contributed by atoms with Gasteiger partial charge in [0.25, 0.3) is 0 Å².